The summed E-state index contributed by atoms with van der Waals surface area (Å²) >= 11 is 1.72. The fourth-order valence-electron chi connectivity index (χ4n) is 3.23. The minimum atomic E-state index is 0.00681. The quantitative estimate of drug-likeness (QED) is 0.460. The number of nitrogens with zero attached hydrogens (tertiary/aromatic N) is 4. The number of rotatable bonds is 7. The molecule has 4 aromatic rings. The van der Waals surface area contributed by atoms with Crippen LogP contribution in [0.15, 0.2) is 42.6 Å². The number of nitrogens with one attached hydrogen (secondary N) is 2. The van der Waals surface area contributed by atoms with Crippen LogP contribution in [0.25, 0.3) is 26.4 Å². The van der Waals surface area contributed by atoms with E-state index in [0.717, 1.165) is 27.5 Å². The number of carbonyl (C=O) groups is 1. The minimum absolute atomic E-state index is 0.00681. The lowest BCUT2D eigenvalue weighted by Crippen LogP contribution is -2.35. The summed E-state index contributed by atoms with van der Waals surface area (Å²) in [5.41, 5.74) is 3.98. The molecule has 2 N–H and O–H groups in total. The molecule has 0 saturated carbocycles. The van der Waals surface area contributed by atoms with Crippen LogP contribution in [-0.4, -0.2) is 58.9 Å². The third-order valence-corrected chi connectivity index (χ3v) is 5.70. The maximum atomic E-state index is 11.8. The number of aromatic nitrogens is 3. The molecule has 8 heteroatoms. The first-order valence-corrected chi connectivity index (χ1v) is 10.3. The summed E-state index contributed by atoms with van der Waals surface area (Å²) in [7, 11) is 3.75. The van der Waals surface area contributed by atoms with Crippen LogP contribution < -0.4 is 10.6 Å². The minimum Gasteiger partial charge on any atom is -0.365 e. The Morgan fingerprint density at radius 2 is 2.00 bits per heavy atom. The van der Waals surface area contributed by atoms with Crippen LogP contribution in [0.1, 0.15) is 5.69 Å². The standard InChI is InChI=1S/C21H24N6OS/c1-14-12-24-20-19(23-10-9-22-18(28)13-26(2)3)25-16-11-17(29-21(16)27(14)20)15-7-5-4-6-8-15/h4-8,11-12H,9-10,13H2,1-3H3,(H,22,28)(H,23,25). The van der Waals surface area contributed by atoms with E-state index in [9.17, 15) is 4.79 Å². The van der Waals surface area contributed by atoms with Gasteiger partial charge in [-0.1, -0.05) is 30.3 Å². The second kappa shape index (κ2) is 8.18. The van der Waals surface area contributed by atoms with Crippen LogP contribution in [-0.2, 0) is 4.79 Å². The van der Waals surface area contributed by atoms with Gasteiger partial charge in [-0.15, -0.1) is 11.3 Å². The Bertz CT molecular complexity index is 1150. The molecule has 4 rings (SSSR count). The van der Waals surface area contributed by atoms with Gasteiger partial charge in [0.25, 0.3) is 0 Å². The molecular formula is C21H24N6OS. The van der Waals surface area contributed by atoms with Crippen molar-refractivity contribution < 1.29 is 4.79 Å². The smallest absolute Gasteiger partial charge is 0.234 e. The third-order valence-electron chi connectivity index (χ3n) is 4.54. The maximum Gasteiger partial charge on any atom is 0.234 e. The molecule has 0 radical (unpaired) electrons. The van der Waals surface area contributed by atoms with Crippen molar-refractivity contribution in [3.63, 3.8) is 0 Å². The number of anilines is 1. The van der Waals surface area contributed by atoms with Gasteiger partial charge in [0.05, 0.1) is 6.54 Å². The normalized spacial score (nSPS) is 11.4. The molecule has 0 atom stereocenters. The molecule has 150 valence electrons. The monoisotopic (exact) mass is 408 g/mol. The molecule has 0 spiro atoms. The van der Waals surface area contributed by atoms with E-state index >= 15 is 0 Å². The molecular weight excluding hydrogens is 384 g/mol. The molecule has 0 fully saturated rings. The predicted octanol–water partition coefficient (Wildman–Crippen LogP) is 3.01. The van der Waals surface area contributed by atoms with Crippen molar-refractivity contribution >= 4 is 39.1 Å². The number of thiophene rings is 1. The number of imidazole rings is 1. The number of hydrogen-bond acceptors (Lipinski definition) is 6. The number of hydrogen-bond donors (Lipinski definition) is 2. The molecule has 1 aromatic carbocycles. The first kappa shape index (κ1) is 19.4. The number of likely N-dealkylation sites (N-methyl/N-ethyl adjacent to an activating group) is 1. The Kier molecular flexibility index (Phi) is 5.46. The highest BCUT2D eigenvalue weighted by atomic mass is 32.1. The summed E-state index contributed by atoms with van der Waals surface area (Å²) in [5.74, 6) is 0.734. The zero-order chi connectivity index (χ0) is 20.4. The molecule has 0 aliphatic rings. The predicted molar refractivity (Wildman–Crippen MR) is 119 cm³/mol. The van der Waals surface area contributed by atoms with Crippen LogP contribution in [0, 0.1) is 6.92 Å². The van der Waals surface area contributed by atoms with E-state index in [0.29, 0.717) is 19.6 Å². The highest BCUT2D eigenvalue weighted by Gasteiger charge is 2.15. The fourth-order valence-corrected chi connectivity index (χ4v) is 4.40. The van der Waals surface area contributed by atoms with Gasteiger partial charge < -0.3 is 15.5 Å². The molecule has 0 aliphatic heterocycles. The van der Waals surface area contributed by atoms with Crippen molar-refractivity contribution in [1.29, 1.82) is 0 Å². The summed E-state index contributed by atoms with van der Waals surface area (Å²) in [6.45, 7) is 3.53. The molecule has 0 bridgehead atoms. The Morgan fingerprint density at radius 1 is 1.21 bits per heavy atom. The van der Waals surface area contributed by atoms with Crippen molar-refractivity contribution in [2.75, 3.05) is 39.0 Å². The Labute approximate surface area is 173 Å². The van der Waals surface area contributed by atoms with Gasteiger partial charge in [-0.25, -0.2) is 9.97 Å². The number of carbonyl (C=O) groups excluding carboxylic acids is 1. The van der Waals surface area contributed by atoms with Crippen molar-refractivity contribution in [3.8, 4) is 10.4 Å². The van der Waals surface area contributed by atoms with Gasteiger partial charge in [-0.05, 0) is 32.6 Å². The Hall–Kier alpha value is -2.97. The van der Waals surface area contributed by atoms with E-state index in [4.69, 9.17) is 4.98 Å². The first-order valence-electron chi connectivity index (χ1n) is 9.51. The van der Waals surface area contributed by atoms with E-state index < -0.39 is 0 Å². The van der Waals surface area contributed by atoms with Crippen LogP contribution in [0.3, 0.4) is 0 Å². The summed E-state index contributed by atoms with van der Waals surface area (Å²) in [4.78, 5) is 25.3. The lowest BCUT2D eigenvalue weighted by molar-refractivity contribution is -0.121. The zero-order valence-corrected chi connectivity index (χ0v) is 17.6. The van der Waals surface area contributed by atoms with Crippen LogP contribution in [0.4, 0.5) is 5.82 Å². The summed E-state index contributed by atoms with van der Waals surface area (Å²) in [5, 5.41) is 6.24. The molecule has 1 amide bonds. The van der Waals surface area contributed by atoms with Gasteiger partial charge in [0.1, 0.15) is 10.3 Å². The van der Waals surface area contributed by atoms with Gasteiger partial charge >= 0.3 is 0 Å². The van der Waals surface area contributed by atoms with Crippen LogP contribution >= 0.6 is 11.3 Å². The number of amides is 1. The average Bonchev–Trinajstić information content (AvgIpc) is 3.29. The van der Waals surface area contributed by atoms with Gasteiger partial charge in [0.15, 0.2) is 11.5 Å². The van der Waals surface area contributed by atoms with Crippen LogP contribution in [0.5, 0.6) is 0 Å². The topological polar surface area (TPSA) is 74.6 Å². The number of fused-ring (bicyclic) bond motifs is 3. The SMILES string of the molecule is Cc1cnc2c(NCCNC(=O)CN(C)C)nc3cc(-c4ccccc4)sc3n12. The molecule has 0 aliphatic carbocycles. The molecule has 0 unspecified atom stereocenters. The van der Waals surface area contributed by atoms with E-state index in [2.05, 4.69) is 38.2 Å². The largest absolute Gasteiger partial charge is 0.365 e. The second-order valence-corrected chi connectivity index (χ2v) is 8.23. The van der Waals surface area contributed by atoms with E-state index in [1.165, 1.54) is 10.4 Å². The van der Waals surface area contributed by atoms with E-state index in [-0.39, 0.29) is 5.91 Å². The van der Waals surface area contributed by atoms with Gasteiger partial charge in [-0.2, -0.15) is 0 Å². The molecule has 0 saturated heterocycles. The zero-order valence-electron chi connectivity index (χ0n) is 16.8. The van der Waals surface area contributed by atoms with Crippen molar-refractivity contribution in [1.82, 2.24) is 24.6 Å². The lowest BCUT2D eigenvalue weighted by Gasteiger charge is -2.11. The van der Waals surface area contributed by atoms with E-state index in [1.54, 1.807) is 11.3 Å². The van der Waals surface area contributed by atoms with Crippen LogP contribution in [0.2, 0.25) is 0 Å². The summed E-state index contributed by atoms with van der Waals surface area (Å²) < 4.78 is 2.15. The molecule has 3 heterocycles. The van der Waals surface area contributed by atoms with Gasteiger partial charge in [0, 0.05) is 29.9 Å². The molecule has 7 nitrogen and oxygen atoms in total. The van der Waals surface area contributed by atoms with Crippen molar-refractivity contribution in [3.05, 3.63) is 48.3 Å². The summed E-state index contributed by atoms with van der Waals surface area (Å²) in [6.07, 6.45) is 1.86. The number of benzene rings is 1. The lowest BCUT2D eigenvalue weighted by atomic mass is 10.2. The highest BCUT2D eigenvalue weighted by Crippen LogP contribution is 2.34. The fraction of sp³-hybridized carbons (Fsp3) is 0.286. The Balaban J connectivity index is 1.60. The molecule has 29 heavy (non-hydrogen) atoms. The maximum absolute atomic E-state index is 11.8. The number of aryl methyl sites for hydroxylation is 1. The Morgan fingerprint density at radius 3 is 2.76 bits per heavy atom. The summed E-state index contributed by atoms with van der Waals surface area (Å²) in [6, 6.07) is 12.5. The van der Waals surface area contributed by atoms with Gasteiger partial charge in [-0.3, -0.25) is 9.20 Å². The third kappa shape index (κ3) is 4.08. The van der Waals surface area contributed by atoms with Crippen molar-refractivity contribution in [2.45, 2.75) is 6.92 Å². The molecule has 3 aromatic heterocycles. The first-order chi connectivity index (χ1) is 14.0. The van der Waals surface area contributed by atoms with E-state index in [1.807, 2.05) is 50.3 Å². The van der Waals surface area contributed by atoms with Gasteiger partial charge in [0.2, 0.25) is 5.91 Å². The second-order valence-electron chi connectivity index (χ2n) is 7.20. The average molecular weight is 409 g/mol. The highest BCUT2D eigenvalue weighted by molar-refractivity contribution is 7.21. The van der Waals surface area contributed by atoms with Crippen molar-refractivity contribution in [2.24, 2.45) is 0 Å².